The molecule has 0 aliphatic carbocycles. The molecule has 7 heteroatoms. The molecule has 0 spiro atoms. The van der Waals surface area contributed by atoms with Crippen LogP contribution in [0.15, 0.2) is 0 Å². The van der Waals surface area contributed by atoms with E-state index in [4.69, 9.17) is 15.9 Å². The van der Waals surface area contributed by atoms with Crippen LogP contribution in [0.1, 0.15) is 0 Å². The Morgan fingerprint density at radius 2 is 1.43 bits per heavy atom. The molecule has 0 aromatic heterocycles. The summed E-state index contributed by atoms with van der Waals surface area (Å²) in [6.45, 7) is 0. The Bertz CT molecular complexity index is 94.9. The molecule has 0 saturated carbocycles. The fraction of sp³-hybridized carbons (Fsp3) is 0. The Kier molecular flexibility index (Phi) is 13.1. The van der Waals surface area contributed by atoms with E-state index >= 15 is 0 Å². The van der Waals surface area contributed by atoms with E-state index in [0.29, 0.717) is 0 Å². The fourth-order valence-corrected chi connectivity index (χ4v) is 0. The van der Waals surface area contributed by atoms with Crippen LogP contribution in [0.4, 0.5) is 0 Å². The number of hydrogen-bond donors (Lipinski definition) is 2. The molecule has 0 unspecified atom stereocenters. The van der Waals surface area contributed by atoms with E-state index in [1.165, 1.54) is 0 Å². The van der Waals surface area contributed by atoms with Crippen molar-refractivity contribution in [1.29, 1.82) is 0 Å². The summed E-state index contributed by atoms with van der Waals surface area (Å²) < 4.78 is 33.1. The van der Waals surface area contributed by atoms with Crippen molar-refractivity contribution in [3.8, 4) is 0 Å². The zero-order valence-corrected chi connectivity index (χ0v) is 8.19. The molecule has 0 amide bonds. The van der Waals surface area contributed by atoms with E-state index in [0.717, 1.165) is 0 Å². The SMILES string of the molecule is N.[K+].[O]=[Cr](=[O])([O-])[OH]. The van der Waals surface area contributed by atoms with Crippen LogP contribution < -0.4 is 61.7 Å². The van der Waals surface area contributed by atoms with Crippen LogP contribution in [0.3, 0.4) is 0 Å². The minimum atomic E-state index is -5.50. The number of rotatable bonds is 0. The van der Waals surface area contributed by atoms with Gasteiger partial charge in [0.2, 0.25) is 0 Å². The van der Waals surface area contributed by atoms with Crippen molar-refractivity contribution in [3.63, 3.8) is 0 Å². The Hall–Kier alpha value is 1.65. The molecule has 0 aliphatic rings. The van der Waals surface area contributed by atoms with Crippen molar-refractivity contribution in [2.45, 2.75) is 0 Å². The molecule has 0 aliphatic heterocycles. The summed E-state index contributed by atoms with van der Waals surface area (Å²) in [5.74, 6) is 0. The summed E-state index contributed by atoms with van der Waals surface area (Å²) >= 11 is -5.50. The Balaban J connectivity index is -0.0000000800. The predicted octanol–water partition coefficient (Wildman–Crippen LogP) is -4.82. The molecule has 0 fully saturated rings. The van der Waals surface area contributed by atoms with Gasteiger partial charge in [-0.1, -0.05) is 0 Å². The monoisotopic (exact) mass is 173 g/mol. The standard InChI is InChI=1S/Cr.K.H3N.H2O.3O/h;;1H3;1H2;;;/q2*+1;;;;;-1/p-1. The Labute approximate surface area is 85.5 Å². The van der Waals surface area contributed by atoms with Crippen molar-refractivity contribution < 1.29 is 80.9 Å². The van der Waals surface area contributed by atoms with Crippen LogP contribution in [-0.2, 0) is 21.2 Å². The third-order valence-corrected chi connectivity index (χ3v) is 0. The maximum atomic E-state index is 8.70. The minimum absolute atomic E-state index is 0. The second-order valence-corrected chi connectivity index (χ2v) is 1.76. The van der Waals surface area contributed by atoms with Gasteiger partial charge in [-0.2, -0.15) is 0 Å². The van der Waals surface area contributed by atoms with Gasteiger partial charge in [-0.05, 0) is 0 Å². The third-order valence-electron chi connectivity index (χ3n) is 0. The summed E-state index contributed by atoms with van der Waals surface area (Å²) in [4.78, 5) is 0. The molecule has 0 radical (unpaired) electrons. The second kappa shape index (κ2) is 5.78. The molecular weight excluding hydrogens is 169 g/mol. The van der Waals surface area contributed by atoms with Gasteiger partial charge < -0.3 is 6.15 Å². The van der Waals surface area contributed by atoms with Crippen LogP contribution in [0.2, 0.25) is 0 Å². The third kappa shape index (κ3) is 89.8. The average Bonchev–Trinajstić information content (AvgIpc) is 0.722. The summed E-state index contributed by atoms with van der Waals surface area (Å²) in [5.41, 5.74) is 0. The first kappa shape index (κ1) is 15.9. The molecule has 4 N–H and O–H groups in total. The van der Waals surface area contributed by atoms with Crippen molar-refractivity contribution in [2.75, 3.05) is 0 Å². The molecular formula is H4CrKNO4. The summed E-state index contributed by atoms with van der Waals surface area (Å²) in [6.07, 6.45) is 0. The van der Waals surface area contributed by atoms with Crippen LogP contribution >= 0.6 is 0 Å². The van der Waals surface area contributed by atoms with E-state index in [9.17, 15) is 0 Å². The quantitative estimate of drug-likeness (QED) is 0.357. The first-order valence-electron chi connectivity index (χ1n) is 0.683. The van der Waals surface area contributed by atoms with Crippen LogP contribution in [0.5, 0.6) is 0 Å². The zero-order valence-electron chi connectivity index (χ0n) is 3.79. The van der Waals surface area contributed by atoms with Gasteiger partial charge in [-0.25, -0.2) is 0 Å². The molecule has 0 aromatic rings. The van der Waals surface area contributed by atoms with Crippen LogP contribution in [-0.4, -0.2) is 4.16 Å². The summed E-state index contributed by atoms with van der Waals surface area (Å²) in [6, 6.07) is 0. The van der Waals surface area contributed by atoms with Crippen LogP contribution in [0.25, 0.3) is 0 Å². The van der Waals surface area contributed by atoms with E-state index in [-0.39, 0.29) is 57.5 Å². The molecule has 0 bridgehead atoms. The summed E-state index contributed by atoms with van der Waals surface area (Å²) in [5, 5.41) is 0. The molecule has 0 heterocycles. The van der Waals surface area contributed by atoms with Gasteiger partial charge in [-0.3, -0.25) is 0 Å². The van der Waals surface area contributed by atoms with E-state index < -0.39 is 13.6 Å². The average molecular weight is 173 g/mol. The van der Waals surface area contributed by atoms with Crippen molar-refractivity contribution in [2.24, 2.45) is 0 Å². The first-order chi connectivity index (χ1) is 2.00. The van der Waals surface area contributed by atoms with Gasteiger partial charge in [0.15, 0.2) is 0 Å². The maximum absolute atomic E-state index is 8.70. The number of hydrogen-bond acceptors (Lipinski definition) is 4. The van der Waals surface area contributed by atoms with Gasteiger partial charge in [0.05, 0.1) is 0 Å². The molecule has 40 valence electrons. The van der Waals surface area contributed by atoms with E-state index in [1.807, 2.05) is 0 Å². The first-order valence-corrected chi connectivity index (χ1v) is 2.81. The predicted molar refractivity (Wildman–Crippen MR) is 8.61 cm³/mol. The molecule has 0 atom stereocenters. The topological polar surface area (TPSA) is 112 Å². The van der Waals surface area contributed by atoms with Crippen LogP contribution in [0, 0.1) is 0 Å². The van der Waals surface area contributed by atoms with Gasteiger partial charge in [-0.15, -0.1) is 0 Å². The summed E-state index contributed by atoms with van der Waals surface area (Å²) in [7, 11) is 0. The van der Waals surface area contributed by atoms with Gasteiger partial charge >= 0.3 is 80.9 Å². The van der Waals surface area contributed by atoms with Gasteiger partial charge in [0.1, 0.15) is 0 Å². The van der Waals surface area contributed by atoms with E-state index in [1.54, 1.807) is 0 Å². The van der Waals surface area contributed by atoms with Gasteiger partial charge in [0, 0.05) is 0 Å². The normalized spacial score (nSPS) is 8.29. The van der Waals surface area contributed by atoms with Crippen molar-refractivity contribution in [3.05, 3.63) is 0 Å². The molecule has 0 saturated heterocycles. The zero-order chi connectivity index (χ0) is 4.50. The van der Waals surface area contributed by atoms with Gasteiger partial charge in [0.25, 0.3) is 0 Å². The molecule has 0 aromatic carbocycles. The second-order valence-electron chi connectivity index (χ2n) is 0.428. The molecule has 5 nitrogen and oxygen atoms in total. The Morgan fingerprint density at radius 3 is 1.43 bits per heavy atom. The molecule has 7 heavy (non-hydrogen) atoms. The Morgan fingerprint density at radius 1 is 1.43 bits per heavy atom. The molecule has 0 rings (SSSR count). The van der Waals surface area contributed by atoms with Crippen molar-refractivity contribution in [1.82, 2.24) is 6.15 Å². The van der Waals surface area contributed by atoms with E-state index in [2.05, 4.69) is 0 Å². The fourth-order valence-electron chi connectivity index (χ4n) is 0. The van der Waals surface area contributed by atoms with Crippen molar-refractivity contribution >= 4 is 0 Å².